The maximum absolute atomic E-state index is 14.6. The van der Waals surface area contributed by atoms with Gasteiger partial charge >= 0.3 is 0 Å². The van der Waals surface area contributed by atoms with Crippen LogP contribution in [0.15, 0.2) is 36.8 Å². The van der Waals surface area contributed by atoms with Gasteiger partial charge in [0.15, 0.2) is 5.65 Å². The first-order valence-corrected chi connectivity index (χ1v) is 10.8. The lowest BCUT2D eigenvalue weighted by Crippen LogP contribution is -2.37. The second-order valence-electron chi connectivity index (χ2n) is 8.27. The summed E-state index contributed by atoms with van der Waals surface area (Å²) in [7, 11) is 1.89. The van der Waals surface area contributed by atoms with Crippen LogP contribution < -0.4 is 10.2 Å². The molecule has 1 aliphatic rings. The molecule has 1 saturated heterocycles. The lowest BCUT2D eigenvalue weighted by atomic mass is 9.92. The van der Waals surface area contributed by atoms with Gasteiger partial charge in [-0.15, -0.1) is 0 Å². The van der Waals surface area contributed by atoms with Gasteiger partial charge in [0.25, 0.3) is 0 Å². The number of ether oxygens (including phenoxy) is 1. The Morgan fingerprint density at radius 1 is 1.15 bits per heavy atom. The molecular formula is C23H27F2N7O. The van der Waals surface area contributed by atoms with Crippen LogP contribution in [0.5, 0.6) is 0 Å². The Kier molecular flexibility index (Phi) is 5.45. The summed E-state index contributed by atoms with van der Waals surface area (Å²) in [6, 6.07) is 5.60. The van der Waals surface area contributed by atoms with Crippen molar-refractivity contribution in [3.05, 3.63) is 65.2 Å². The molecule has 4 heterocycles. The standard InChI is InChI=1S/C23H25F2N7O.H2/c1-14(17-5-4-16(24)10-18(17)25)22-15(2)29-32-21(31-6-8-33-9-7-31)11-19(28-23(22)32)27-20-12-30(3)13-26-20;/h4-5,10-14H,6-9H2,1-3H3,(H,27,28);1H/t14-;/m0./s1. The highest BCUT2D eigenvalue weighted by molar-refractivity contribution is 5.66. The van der Waals surface area contributed by atoms with Gasteiger partial charge in [-0.25, -0.2) is 18.7 Å². The molecule has 1 aliphatic heterocycles. The minimum atomic E-state index is -0.602. The zero-order valence-corrected chi connectivity index (χ0v) is 18.7. The minimum Gasteiger partial charge on any atom is -0.378 e. The largest absolute Gasteiger partial charge is 0.378 e. The van der Waals surface area contributed by atoms with Gasteiger partial charge in [0.05, 0.1) is 25.2 Å². The van der Waals surface area contributed by atoms with Crippen LogP contribution in [-0.4, -0.2) is 50.5 Å². The first-order valence-electron chi connectivity index (χ1n) is 10.8. The Bertz CT molecular complexity index is 1320. The van der Waals surface area contributed by atoms with Crippen molar-refractivity contribution in [1.29, 1.82) is 0 Å². The molecule has 8 nitrogen and oxygen atoms in total. The molecule has 3 aromatic heterocycles. The molecule has 33 heavy (non-hydrogen) atoms. The third kappa shape index (κ3) is 4.02. The van der Waals surface area contributed by atoms with Crippen molar-refractivity contribution in [2.75, 3.05) is 36.5 Å². The SMILES string of the molecule is Cc1nn2c(N3CCOCC3)cc(Nc3cn(C)cn3)nc2c1[C@@H](C)c1ccc(F)cc1F.[HH]. The van der Waals surface area contributed by atoms with Crippen molar-refractivity contribution in [2.45, 2.75) is 19.8 Å². The van der Waals surface area contributed by atoms with Gasteiger partial charge in [-0.05, 0) is 18.6 Å². The van der Waals surface area contributed by atoms with E-state index in [2.05, 4.69) is 15.2 Å². The van der Waals surface area contributed by atoms with E-state index in [-0.39, 0.29) is 7.34 Å². The summed E-state index contributed by atoms with van der Waals surface area (Å²) in [6.45, 7) is 6.46. The summed E-state index contributed by atoms with van der Waals surface area (Å²) >= 11 is 0. The Morgan fingerprint density at radius 3 is 2.64 bits per heavy atom. The number of hydrogen-bond acceptors (Lipinski definition) is 6. The lowest BCUT2D eigenvalue weighted by molar-refractivity contribution is 0.122. The fourth-order valence-electron chi connectivity index (χ4n) is 4.33. The fraction of sp³-hybridized carbons (Fsp3) is 0.348. The molecule has 0 aliphatic carbocycles. The summed E-state index contributed by atoms with van der Waals surface area (Å²) in [4.78, 5) is 11.4. The van der Waals surface area contributed by atoms with E-state index in [0.29, 0.717) is 36.1 Å². The van der Waals surface area contributed by atoms with Crippen LogP contribution in [0.4, 0.5) is 26.2 Å². The van der Waals surface area contributed by atoms with Crippen LogP contribution in [0.25, 0.3) is 5.65 Å². The number of hydrogen-bond donors (Lipinski definition) is 1. The number of anilines is 3. The zero-order valence-electron chi connectivity index (χ0n) is 18.7. The van der Waals surface area contributed by atoms with E-state index in [4.69, 9.17) is 14.8 Å². The Labute approximate surface area is 191 Å². The average molecular weight is 456 g/mol. The fourth-order valence-corrected chi connectivity index (χ4v) is 4.33. The van der Waals surface area contributed by atoms with E-state index >= 15 is 0 Å². The van der Waals surface area contributed by atoms with Gasteiger partial charge in [-0.3, -0.25) is 0 Å². The molecule has 4 aromatic rings. The van der Waals surface area contributed by atoms with Gasteiger partial charge in [-0.1, -0.05) is 13.0 Å². The average Bonchev–Trinajstić information content (AvgIpc) is 3.35. The number of morpholine rings is 1. The quantitative estimate of drug-likeness (QED) is 0.490. The van der Waals surface area contributed by atoms with E-state index in [0.717, 1.165) is 36.2 Å². The second-order valence-corrected chi connectivity index (χ2v) is 8.27. The highest BCUT2D eigenvalue weighted by Crippen LogP contribution is 2.34. The van der Waals surface area contributed by atoms with Crippen molar-refractivity contribution in [3.8, 4) is 0 Å². The highest BCUT2D eigenvalue weighted by atomic mass is 19.1. The van der Waals surface area contributed by atoms with Gasteiger partial charge in [-0.2, -0.15) is 9.61 Å². The summed E-state index contributed by atoms with van der Waals surface area (Å²) in [6.07, 6.45) is 3.57. The Morgan fingerprint density at radius 2 is 1.94 bits per heavy atom. The number of aromatic nitrogens is 5. The molecule has 0 saturated carbocycles. The van der Waals surface area contributed by atoms with Gasteiger partial charge in [0, 0.05) is 51.4 Å². The van der Waals surface area contributed by atoms with Gasteiger partial charge < -0.3 is 19.5 Å². The van der Waals surface area contributed by atoms with E-state index in [1.165, 1.54) is 12.1 Å². The molecule has 1 N–H and O–H groups in total. The smallest absolute Gasteiger partial charge is 0.163 e. The molecule has 0 bridgehead atoms. The van der Waals surface area contributed by atoms with Crippen molar-refractivity contribution in [2.24, 2.45) is 7.05 Å². The van der Waals surface area contributed by atoms with E-state index in [1.807, 2.05) is 37.7 Å². The van der Waals surface area contributed by atoms with Crippen molar-refractivity contribution in [1.82, 2.24) is 24.1 Å². The first kappa shape index (κ1) is 21.3. The molecule has 0 radical (unpaired) electrons. The molecule has 1 atom stereocenters. The Hall–Kier alpha value is -3.53. The van der Waals surface area contributed by atoms with Crippen molar-refractivity contribution in [3.63, 3.8) is 0 Å². The van der Waals surface area contributed by atoms with E-state index in [9.17, 15) is 8.78 Å². The molecule has 0 spiro atoms. The first-order chi connectivity index (χ1) is 15.9. The molecule has 1 aromatic carbocycles. The number of rotatable bonds is 5. The predicted molar refractivity (Wildman–Crippen MR) is 123 cm³/mol. The molecule has 0 amide bonds. The number of fused-ring (bicyclic) bond motifs is 1. The molecule has 1 fully saturated rings. The summed E-state index contributed by atoms with van der Waals surface area (Å²) in [5.41, 5.74) is 2.54. The number of benzene rings is 1. The molecule has 174 valence electrons. The monoisotopic (exact) mass is 455 g/mol. The normalized spacial score (nSPS) is 15.2. The van der Waals surface area contributed by atoms with Gasteiger partial charge in [0.2, 0.25) is 0 Å². The molecule has 10 heteroatoms. The molecular weight excluding hydrogens is 428 g/mol. The number of halogens is 2. The highest BCUT2D eigenvalue weighted by Gasteiger charge is 2.25. The van der Waals surface area contributed by atoms with E-state index in [1.54, 1.807) is 10.8 Å². The Balaban J connectivity index is 0.00000274. The summed E-state index contributed by atoms with van der Waals surface area (Å²) < 4.78 is 37.3. The van der Waals surface area contributed by atoms with Crippen LogP contribution in [0.3, 0.4) is 0 Å². The van der Waals surface area contributed by atoms with Crippen LogP contribution in [-0.2, 0) is 11.8 Å². The van der Waals surface area contributed by atoms with E-state index < -0.39 is 11.6 Å². The number of nitrogens with one attached hydrogen (secondary N) is 1. The second kappa shape index (κ2) is 8.43. The third-order valence-corrected chi connectivity index (χ3v) is 5.95. The molecule has 0 unspecified atom stereocenters. The summed E-state index contributed by atoms with van der Waals surface area (Å²) in [5, 5.41) is 8.03. The van der Waals surface area contributed by atoms with Gasteiger partial charge in [0.1, 0.15) is 29.1 Å². The van der Waals surface area contributed by atoms with Crippen LogP contribution in [0.2, 0.25) is 0 Å². The summed E-state index contributed by atoms with van der Waals surface area (Å²) in [5.74, 6) is 0.571. The maximum Gasteiger partial charge on any atom is 0.163 e. The third-order valence-electron chi connectivity index (χ3n) is 5.95. The number of aryl methyl sites for hydroxylation is 2. The van der Waals surface area contributed by atoms with Crippen molar-refractivity contribution >= 4 is 23.1 Å². The zero-order chi connectivity index (χ0) is 23.1. The lowest BCUT2D eigenvalue weighted by Gasteiger charge is -2.29. The van der Waals surface area contributed by atoms with Crippen LogP contribution in [0, 0.1) is 18.6 Å². The predicted octanol–water partition coefficient (Wildman–Crippen LogP) is 4.03. The van der Waals surface area contributed by atoms with Crippen molar-refractivity contribution < 1.29 is 14.9 Å². The van der Waals surface area contributed by atoms with Crippen LogP contribution >= 0.6 is 0 Å². The molecule has 5 rings (SSSR count). The topological polar surface area (TPSA) is 72.5 Å². The maximum atomic E-state index is 14.6. The number of imidazole rings is 1. The van der Waals surface area contributed by atoms with Crippen LogP contribution in [0.1, 0.15) is 31.1 Å². The number of nitrogens with zero attached hydrogens (tertiary/aromatic N) is 6. The minimum absolute atomic E-state index is 0.